The van der Waals surface area contributed by atoms with Crippen molar-refractivity contribution in [3.05, 3.63) is 48.0 Å². The van der Waals surface area contributed by atoms with Gasteiger partial charge in [0.05, 0.1) is 6.61 Å². The van der Waals surface area contributed by atoms with Crippen LogP contribution >= 0.6 is 0 Å². The lowest BCUT2D eigenvalue weighted by molar-refractivity contribution is 0.287. The Balaban J connectivity index is 1.95. The summed E-state index contributed by atoms with van der Waals surface area (Å²) < 4.78 is 23.7. The number of epoxide rings is 1. The predicted molar refractivity (Wildman–Crippen MR) is 57.4 cm³/mol. The summed E-state index contributed by atoms with van der Waals surface area (Å²) in [7, 11) is 0. The van der Waals surface area contributed by atoms with E-state index in [1.54, 1.807) is 12.1 Å². The molecule has 1 aliphatic rings. The highest BCUT2D eigenvalue weighted by Crippen LogP contribution is 2.40. The second-order valence-electron chi connectivity index (χ2n) is 4.19. The van der Waals surface area contributed by atoms with E-state index in [2.05, 4.69) is 0 Å². The van der Waals surface area contributed by atoms with E-state index in [1.807, 2.05) is 19.1 Å². The van der Waals surface area contributed by atoms with Gasteiger partial charge in [0, 0.05) is 5.56 Å². The molecule has 2 heterocycles. The molecule has 0 radical (unpaired) electrons. The lowest BCUT2D eigenvalue weighted by Gasteiger charge is -2.00. The number of hydrogen-bond acceptors (Lipinski definition) is 2. The van der Waals surface area contributed by atoms with E-state index in [9.17, 15) is 4.39 Å². The van der Waals surface area contributed by atoms with E-state index in [0.29, 0.717) is 6.61 Å². The van der Waals surface area contributed by atoms with Crippen LogP contribution in [0.5, 0.6) is 0 Å². The van der Waals surface area contributed by atoms with Crippen LogP contribution in [0.15, 0.2) is 40.8 Å². The van der Waals surface area contributed by atoms with Crippen molar-refractivity contribution in [3.8, 4) is 11.3 Å². The maximum atomic E-state index is 12.8. The summed E-state index contributed by atoms with van der Waals surface area (Å²) in [4.78, 5) is 0. The van der Waals surface area contributed by atoms with Crippen molar-refractivity contribution >= 4 is 0 Å². The van der Waals surface area contributed by atoms with Crippen LogP contribution in [0.4, 0.5) is 4.39 Å². The Labute approximate surface area is 92.7 Å². The van der Waals surface area contributed by atoms with Crippen LogP contribution in [-0.2, 0) is 10.3 Å². The predicted octanol–water partition coefficient (Wildman–Crippen LogP) is 3.33. The average Bonchev–Trinajstić information content (AvgIpc) is 2.84. The first-order valence-electron chi connectivity index (χ1n) is 5.18. The molecule has 3 rings (SSSR count). The Morgan fingerprint density at radius 2 is 1.81 bits per heavy atom. The van der Waals surface area contributed by atoms with Crippen LogP contribution in [0.1, 0.15) is 12.7 Å². The molecule has 0 bridgehead atoms. The van der Waals surface area contributed by atoms with Gasteiger partial charge < -0.3 is 9.15 Å². The molecule has 1 aliphatic heterocycles. The zero-order chi connectivity index (χ0) is 11.2. The largest absolute Gasteiger partial charge is 0.458 e. The molecule has 2 nitrogen and oxygen atoms in total. The molecule has 82 valence electrons. The summed E-state index contributed by atoms with van der Waals surface area (Å²) in [5, 5.41) is 0. The molecule has 0 amide bonds. The van der Waals surface area contributed by atoms with Crippen LogP contribution in [0.25, 0.3) is 11.3 Å². The van der Waals surface area contributed by atoms with Crippen molar-refractivity contribution in [2.75, 3.05) is 6.61 Å². The Kier molecular flexibility index (Phi) is 1.91. The number of halogens is 1. The molecule has 1 fully saturated rings. The molecule has 16 heavy (non-hydrogen) atoms. The molecule has 1 aromatic heterocycles. The molecule has 0 saturated carbocycles. The normalized spacial score (nSPS) is 23.4. The van der Waals surface area contributed by atoms with Gasteiger partial charge in [-0.05, 0) is 43.3 Å². The first kappa shape index (κ1) is 9.60. The summed E-state index contributed by atoms with van der Waals surface area (Å²) in [6, 6.07) is 10.0. The molecule has 1 unspecified atom stereocenters. The third-order valence-corrected chi connectivity index (χ3v) is 2.83. The van der Waals surface area contributed by atoms with Crippen LogP contribution < -0.4 is 0 Å². The standard InChI is InChI=1S/C13H11FO2/c1-13(8-15-13)12-7-6-11(16-12)9-2-4-10(14)5-3-9/h2-7H,8H2,1H3. The molecule has 0 spiro atoms. The Hall–Kier alpha value is -1.61. The topological polar surface area (TPSA) is 25.7 Å². The molecular formula is C13H11FO2. The summed E-state index contributed by atoms with van der Waals surface area (Å²) in [5.41, 5.74) is 0.620. The SMILES string of the molecule is CC1(c2ccc(-c3ccc(F)cc3)o2)CO1. The summed E-state index contributed by atoms with van der Waals surface area (Å²) in [5.74, 6) is 1.33. The summed E-state index contributed by atoms with van der Waals surface area (Å²) in [6.45, 7) is 2.68. The van der Waals surface area contributed by atoms with Crippen LogP contribution in [0.2, 0.25) is 0 Å². The highest BCUT2D eigenvalue weighted by atomic mass is 19.1. The highest BCUT2D eigenvalue weighted by Gasteiger charge is 2.44. The van der Waals surface area contributed by atoms with Gasteiger partial charge in [-0.1, -0.05) is 0 Å². The number of ether oxygens (including phenoxy) is 1. The van der Waals surface area contributed by atoms with Gasteiger partial charge in [-0.15, -0.1) is 0 Å². The first-order valence-corrected chi connectivity index (χ1v) is 5.18. The zero-order valence-corrected chi connectivity index (χ0v) is 8.87. The van der Waals surface area contributed by atoms with Gasteiger partial charge in [-0.2, -0.15) is 0 Å². The van der Waals surface area contributed by atoms with Gasteiger partial charge in [0.2, 0.25) is 0 Å². The maximum Gasteiger partial charge on any atom is 0.146 e. The molecule has 1 aromatic carbocycles. The fourth-order valence-corrected chi connectivity index (χ4v) is 1.64. The minimum absolute atomic E-state index is 0.243. The smallest absolute Gasteiger partial charge is 0.146 e. The molecule has 1 saturated heterocycles. The Morgan fingerprint density at radius 3 is 2.44 bits per heavy atom. The Bertz CT molecular complexity index is 509. The minimum atomic E-state index is -0.252. The van der Waals surface area contributed by atoms with Crippen molar-refractivity contribution < 1.29 is 13.5 Å². The maximum absolute atomic E-state index is 12.8. The summed E-state index contributed by atoms with van der Waals surface area (Å²) >= 11 is 0. The average molecular weight is 218 g/mol. The van der Waals surface area contributed by atoms with E-state index < -0.39 is 0 Å². The van der Waals surface area contributed by atoms with Crippen molar-refractivity contribution in [1.29, 1.82) is 0 Å². The number of hydrogen-bond donors (Lipinski definition) is 0. The minimum Gasteiger partial charge on any atom is -0.458 e. The van der Waals surface area contributed by atoms with Crippen molar-refractivity contribution in [1.82, 2.24) is 0 Å². The third-order valence-electron chi connectivity index (χ3n) is 2.83. The molecule has 0 aliphatic carbocycles. The lowest BCUT2D eigenvalue weighted by Crippen LogP contribution is -1.98. The van der Waals surface area contributed by atoms with E-state index in [0.717, 1.165) is 17.1 Å². The number of furan rings is 1. The molecule has 3 heteroatoms. The zero-order valence-electron chi connectivity index (χ0n) is 8.87. The van der Waals surface area contributed by atoms with E-state index >= 15 is 0 Å². The quantitative estimate of drug-likeness (QED) is 0.722. The van der Waals surface area contributed by atoms with E-state index in [1.165, 1.54) is 12.1 Å². The van der Waals surface area contributed by atoms with Crippen molar-refractivity contribution in [2.24, 2.45) is 0 Å². The molecule has 1 atom stereocenters. The molecular weight excluding hydrogens is 207 g/mol. The van der Waals surface area contributed by atoms with E-state index in [-0.39, 0.29) is 11.4 Å². The van der Waals surface area contributed by atoms with Gasteiger partial charge in [0.15, 0.2) is 0 Å². The lowest BCUT2D eigenvalue weighted by atomic mass is 10.1. The van der Waals surface area contributed by atoms with Crippen LogP contribution in [0, 0.1) is 5.82 Å². The Morgan fingerprint density at radius 1 is 1.12 bits per heavy atom. The van der Waals surface area contributed by atoms with Crippen molar-refractivity contribution in [3.63, 3.8) is 0 Å². The van der Waals surface area contributed by atoms with Gasteiger partial charge in [-0.3, -0.25) is 0 Å². The fourth-order valence-electron chi connectivity index (χ4n) is 1.64. The monoisotopic (exact) mass is 218 g/mol. The fraction of sp³-hybridized carbons (Fsp3) is 0.231. The second-order valence-corrected chi connectivity index (χ2v) is 4.19. The number of benzene rings is 1. The van der Waals surface area contributed by atoms with Crippen molar-refractivity contribution in [2.45, 2.75) is 12.5 Å². The first-order chi connectivity index (χ1) is 7.67. The van der Waals surface area contributed by atoms with Gasteiger partial charge in [0.25, 0.3) is 0 Å². The molecule has 2 aromatic rings. The molecule has 0 N–H and O–H groups in total. The number of rotatable bonds is 2. The second kappa shape index (κ2) is 3.19. The highest BCUT2D eigenvalue weighted by molar-refractivity contribution is 5.57. The van der Waals surface area contributed by atoms with Crippen LogP contribution in [-0.4, -0.2) is 6.61 Å². The van der Waals surface area contributed by atoms with Gasteiger partial charge >= 0.3 is 0 Å². The van der Waals surface area contributed by atoms with Gasteiger partial charge in [-0.25, -0.2) is 4.39 Å². The summed E-state index contributed by atoms with van der Waals surface area (Å²) in [6.07, 6.45) is 0. The van der Waals surface area contributed by atoms with Crippen LogP contribution in [0.3, 0.4) is 0 Å². The van der Waals surface area contributed by atoms with Gasteiger partial charge in [0.1, 0.15) is 22.9 Å². The third kappa shape index (κ3) is 1.53. The van der Waals surface area contributed by atoms with E-state index in [4.69, 9.17) is 9.15 Å².